The predicted molar refractivity (Wildman–Crippen MR) is 115 cm³/mol. The van der Waals surface area contributed by atoms with Crippen molar-refractivity contribution >= 4 is 23.7 Å². The number of fused-ring (bicyclic) bond motifs is 1. The van der Waals surface area contributed by atoms with Gasteiger partial charge in [0.25, 0.3) is 17.7 Å². The Kier molecular flexibility index (Phi) is 5.95. The fourth-order valence-corrected chi connectivity index (χ4v) is 3.55. The Morgan fingerprint density at radius 2 is 1.79 bits per heavy atom. The van der Waals surface area contributed by atoms with Gasteiger partial charge in [-0.15, -0.1) is 0 Å². The molecule has 0 radical (unpaired) electrons. The number of hydrogen-bond donors (Lipinski definition) is 1. The van der Waals surface area contributed by atoms with Crippen LogP contribution >= 0.6 is 0 Å². The molecule has 0 unspecified atom stereocenters. The summed E-state index contributed by atoms with van der Waals surface area (Å²) in [7, 11) is 2.71. The van der Waals surface area contributed by atoms with Gasteiger partial charge in [0.15, 0.2) is 0 Å². The quantitative estimate of drug-likeness (QED) is 0.437. The molecule has 0 aliphatic carbocycles. The molecular formula is C24H20N2O7. The SMILES string of the molecule is COC(=O)c1cc(CNC(=O)c2ccc3c(c2)C(=O)N(Cc2ccco2)C3=O)ccc1OC. The topological polar surface area (TPSA) is 115 Å². The summed E-state index contributed by atoms with van der Waals surface area (Å²) < 4.78 is 15.1. The van der Waals surface area contributed by atoms with Crippen LogP contribution in [-0.4, -0.2) is 42.8 Å². The van der Waals surface area contributed by atoms with Gasteiger partial charge < -0.3 is 19.2 Å². The highest BCUT2D eigenvalue weighted by Gasteiger charge is 2.36. The molecule has 33 heavy (non-hydrogen) atoms. The summed E-state index contributed by atoms with van der Waals surface area (Å²) in [5.74, 6) is -1.07. The molecule has 1 aromatic heterocycles. The first-order chi connectivity index (χ1) is 15.9. The second-order valence-corrected chi connectivity index (χ2v) is 7.25. The zero-order valence-corrected chi connectivity index (χ0v) is 17.9. The van der Waals surface area contributed by atoms with Crippen LogP contribution in [-0.2, 0) is 17.8 Å². The van der Waals surface area contributed by atoms with Crippen LogP contribution < -0.4 is 10.1 Å². The number of carbonyl (C=O) groups is 4. The standard InChI is InChI=1S/C24H20N2O7/c1-31-20-8-5-14(10-19(20)24(30)32-2)12-25-21(27)15-6-7-17-18(11-15)23(29)26(22(17)28)13-16-4-3-9-33-16/h3-11H,12-13H2,1-2H3,(H,25,27). The monoisotopic (exact) mass is 448 g/mol. The molecule has 9 nitrogen and oxygen atoms in total. The van der Waals surface area contributed by atoms with Crippen LogP contribution in [0.5, 0.6) is 5.75 Å². The van der Waals surface area contributed by atoms with E-state index in [4.69, 9.17) is 13.9 Å². The van der Waals surface area contributed by atoms with E-state index in [1.165, 1.54) is 38.7 Å². The lowest BCUT2D eigenvalue weighted by Gasteiger charge is -2.11. The first-order valence-corrected chi connectivity index (χ1v) is 9.99. The number of benzene rings is 2. The fourth-order valence-electron chi connectivity index (χ4n) is 3.55. The lowest BCUT2D eigenvalue weighted by atomic mass is 10.0. The largest absolute Gasteiger partial charge is 0.496 e. The zero-order chi connectivity index (χ0) is 23.5. The van der Waals surface area contributed by atoms with Gasteiger partial charge in [-0.1, -0.05) is 6.07 Å². The predicted octanol–water partition coefficient (Wildman–Crippen LogP) is 2.80. The van der Waals surface area contributed by atoms with Crippen molar-refractivity contribution in [3.8, 4) is 5.75 Å². The third-order valence-corrected chi connectivity index (χ3v) is 5.25. The normalized spacial score (nSPS) is 12.5. The van der Waals surface area contributed by atoms with Crippen LogP contribution in [0.25, 0.3) is 0 Å². The molecule has 1 aliphatic rings. The second-order valence-electron chi connectivity index (χ2n) is 7.25. The van der Waals surface area contributed by atoms with Crippen molar-refractivity contribution in [1.29, 1.82) is 0 Å². The average molecular weight is 448 g/mol. The van der Waals surface area contributed by atoms with E-state index < -0.39 is 23.7 Å². The van der Waals surface area contributed by atoms with Crippen LogP contribution in [0.2, 0.25) is 0 Å². The first-order valence-electron chi connectivity index (χ1n) is 9.99. The van der Waals surface area contributed by atoms with E-state index in [-0.39, 0.29) is 35.3 Å². The fraction of sp³-hybridized carbons (Fsp3) is 0.167. The van der Waals surface area contributed by atoms with E-state index in [9.17, 15) is 19.2 Å². The Hall–Kier alpha value is -4.40. The summed E-state index contributed by atoms with van der Waals surface area (Å²) in [6.45, 7) is 0.141. The molecule has 4 rings (SSSR count). The van der Waals surface area contributed by atoms with Gasteiger partial charge in [0.2, 0.25) is 0 Å². The molecule has 3 amide bonds. The minimum absolute atomic E-state index is 0.0148. The van der Waals surface area contributed by atoms with Gasteiger partial charge in [-0.2, -0.15) is 0 Å². The molecule has 1 N–H and O–H groups in total. The third kappa shape index (κ3) is 4.20. The smallest absolute Gasteiger partial charge is 0.341 e. The molecule has 0 bridgehead atoms. The molecule has 0 saturated heterocycles. The van der Waals surface area contributed by atoms with Crippen molar-refractivity contribution in [2.24, 2.45) is 0 Å². The molecule has 1 aliphatic heterocycles. The van der Waals surface area contributed by atoms with E-state index in [0.29, 0.717) is 17.1 Å². The lowest BCUT2D eigenvalue weighted by molar-refractivity contribution is 0.0593. The summed E-state index contributed by atoms with van der Waals surface area (Å²) in [4.78, 5) is 51.1. The van der Waals surface area contributed by atoms with Crippen molar-refractivity contribution in [3.05, 3.63) is 88.4 Å². The van der Waals surface area contributed by atoms with Crippen LogP contribution in [0.3, 0.4) is 0 Å². The molecule has 0 fully saturated rings. The second kappa shape index (κ2) is 8.99. The van der Waals surface area contributed by atoms with Crippen LogP contribution in [0, 0.1) is 0 Å². The van der Waals surface area contributed by atoms with Crippen LogP contribution in [0.1, 0.15) is 52.8 Å². The Morgan fingerprint density at radius 3 is 2.48 bits per heavy atom. The van der Waals surface area contributed by atoms with Crippen LogP contribution in [0.15, 0.2) is 59.2 Å². The maximum Gasteiger partial charge on any atom is 0.341 e. The number of amides is 3. The van der Waals surface area contributed by atoms with Gasteiger partial charge in [0, 0.05) is 12.1 Å². The van der Waals surface area contributed by atoms with Gasteiger partial charge in [0.05, 0.1) is 38.2 Å². The summed E-state index contributed by atoms with van der Waals surface area (Å²) in [5.41, 5.74) is 1.53. The van der Waals surface area contributed by atoms with Gasteiger partial charge in [-0.25, -0.2) is 4.79 Å². The number of furan rings is 1. The van der Waals surface area contributed by atoms with E-state index in [1.807, 2.05) is 0 Å². The highest BCUT2D eigenvalue weighted by atomic mass is 16.5. The van der Waals surface area contributed by atoms with Gasteiger partial charge in [-0.3, -0.25) is 19.3 Å². The van der Waals surface area contributed by atoms with Crippen molar-refractivity contribution in [2.75, 3.05) is 14.2 Å². The maximum atomic E-state index is 12.8. The maximum absolute atomic E-state index is 12.8. The average Bonchev–Trinajstić information content (AvgIpc) is 3.44. The van der Waals surface area contributed by atoms with Crippen molar-refractivity contribution in [1.82, 2.24) is 10.2 Å². The van der Waals surface area contributed by atoms with Gasteiger partial charge >= 0.3 is 5.97 Å². The van der Waals surface area contributed by atoms with E-state index in [0.717, 1.165) is 4.90 Å². The number of imide groups is 1. The molecule has 168 valence electrons. The number of rotatable bonds is 7. The first kappa shape index (κ1) is 21.8. The summed E-state index contributed by atoms with van der Waals surface area (Å²) in [5, 5.41) is 2.74. The molecule has 0 spiro atoms. The minimum atomic E-state index is -0.555. The molecule has 9 heteroatoms. The number of carbonyl (C=O) groups excluding carboxylic acids is 4. The molecule has 2 heterocycles. The summed E-state index contributed by atoms with van der Waals surface area (Å²) >= 11 is 0. The molecule has 3 aromatic rings. The van der Waals surface area contributed by atoms with Gasteiger partial charge in [-0.05, 0) is 48.0 Å². The molecule has 0 saturated carbocycles. The number of hydrogen-bond acceptors (Lipinski definition) is 7. The van der Waals surface area contributed by atoms with Crippen molar-refractivity contribution in [3.63, 3.8) is 0 Å². The third-order valence-electron chi connectivity index (χ3n) is 5.25. The van der Waals surface area contributed by atoms with Crippen LogP contribution in [0.4, 0.5) is 0 Å². The summed E-state index contributed by atoms with van der Waals surface area (Å²) in [6, 6.07) is 12.6. The van der Waals surface area contributed by atoms with Crippen molar-refractivity contribution in [2.45, 2.75) is 13.1 Å². The summed E-state index contributed by atoms with van der Waals surface area (Å²) in [6.07, 6.45) is 1.47. The highest BCUT2D eigenvalue weighted by Crippen LogP contribution is 2.26. The Morgan fingerprint density at radius 1 is 1.00 bits per heavy atom. The Bertz CT molecular complexity index is 1250. The number of methoxy groups -OCH3 is 2. The molecule has 0 atom stereocenters. The highest BCUT2D eigenvalue weighted by molar-refractivity contribution is 6.22. The number of nitrogens with zero attached hydrogens (tertiary/aromatic N) is 1. The zero-order valence-electron chi connectivity index (χ0n) is 17.9. The van der Waals surface area contributed by atoms with E-state index >= 15 is 0 Å². The van der Waals surface area contributed by atoms with E-state index in [2.05, 4.69) is 5.32 Å². The molecular weight excluding hydrogens is 428 g/mol. The lowest BCUT2D eigenvalue weighted by Crippen LogP contribution is -2.28. The Balaban J connectivity index is 1.48. The van der Waals surface area contributed by atoms with Crippen molar-refractivity contribution < 1.29 is 33.1 Å². The van der Waals surface area contributed by atoms with Gasteiger partial charge in [0.1, 0.15) is 17.1 Å². The van der Waals surface area contributed by atoms with E-state index in [1.54, 1.807) is 30.3 Å². The Labute approximate surface area is 188 Å². The molecule has 2 aromatic carbocycles. The minimum Gasteiger partial charge on any atom is -0.496 e. The number of ether oxygens (including phenoxy) is 2. The number of nitrogens with one attached hydrogen (secondary N) is 1. The number of esters is 1.